The van der Waals surface area contributed by atoms with Gasteiger partial charge in [0.2, 0.25) is 0 Å². The molecule has 0 aliphatic carbocycles. The molecule has 0 atom stereocenters. The number of para-hydroxylation sites is 2. The molecule has 2 aromatic heterocycles. The van der Waals surface area contributed by atoms with Gasteiger partial charge >= 0.3 is 0 Å². The van der Waals surface area contributed by atoms with Gasteiger partial charge < -0.3 is 9.13 Å². The van der Waals surface area contributed by atoms with E-state index in [9.17, 15) is 0 Å². The predicted molar refractivity (Wildman–Crippen MR) is 108 cm³/mol. The molecule has 5 rings (SSSR count). The minimum absolute atomic E-state index is 0.815. The first-order valence-corrected chi connectivity index (χ1v) is 8.94. The molecule has 130 valence electrons. The maximum Gasteiger partial charge on any atom is 0.0991 e. The zero-order valence-electron chi connectivity index (χ0n) is 14.7. The molecule has 0 N–H and O–H groups in total. The van der Waals surface area contributed by atoms with Crippen LogP contribution in [0.15, 0.2) is 97.8 Å². The van der Waals surface area contributed by atoms with Gasteiger partial charge in [-0.1, -0.05) is 48.5 Å². The van der Waals surface area contributed by atoms with Crippen molar-refractivity contribution in [3.63, 3.8) is 0 Å². The SMILES string of the molecule is c1cc(-c2ccc(Cn3cnc4ccccc43)cc2)cc(-n2ccnc2)c1. The highest BCUT2D eigenvalue weighted by atomic mass is 15.0. The lowest BCUT2D eigenvalue weighted by atomic mass is 10.0. The van der Waals surface area contributed by atoms with Crippen LogP contribution in [-0.2, 0) is 6.54 Å². The number of nitrogens with zero attached hydrogens (tertiary/aromatic N) is 4. The summed E-state index contributed by atoms with van der Waals surface area (Å²) in [6.07, 6.45) is 7.48. The van der Waals surface area contributed by atoms with Gasteiger partial charge in [0.25, 0.3) is 0 Å². The van der Waals surface area contributed by atoms with Gasteiger partial charge in [0.1, 0.15) is 0 Å². The number of aromatic nitrogens is 4. The molecule has 0 amide bonds. The Morgan fingerprint density at radius 3 is 2.52 bits per heavy atom. The van der Waals surface area contributed by atoms with E-state index in [1.807, 2.05) is 35.6 Å². The molecule has 0 radical (unpaired) electrons. The van der Waals surface area contributed by atoms with E-state index in [4.69, 9.17) is 0 Å². The summed E-state index contributed by atoms with van der Waals surface area (Å²) in [5, 5.41) is 0. The molecule has 5 aromatic rings. The summed E-state index contributed by atoms with van der Waals surface area (Å²) in [5.74, 6) is 0. The van der Waals surface area contributed by atoms with Gasteiger partial charge in [0.05, 0.1) is 23.7 Å². The average Bonchev–Trinajstić information content (AvgIpc) is 3.40. The molecular weight excluding hydrogens is 332 g/mol. The molecular formula is C23H18N4. The van der Waals surface area contributed by atoms with Gasteiger partial charge in [-0.05, 0) is 41.0 Å². The van der Waals surface area contributed by atoms with Crippen LogP contribution in [0.4, 0.5) is 0 Å². The van der Waals surface area contributed by atoms with Crippen LogP contribution in [0.1, 0.15) is 5.56 Å². The minimum Gasteiger partial charge on any atom is -0.326 e. The van der Waals surface area contributed by atoms with E-state index in [1.54, 1.807) is 6.20 Å². The summed E-state index contributed by atoms with van der Waals surface area (Å²) >= 11 is 0. The summed E-state index contributed by atoms with van der Waals surface area (Å²) < 4.78 is 4.20. The van der Waals surface area contributed by atoms with Crippen LogP contribution >= 0.6 is 0 Å². The Hall–Kier alpha value is -3.66. The molecule has 0 fully saturated rings. The Labute approximate surface area is 157 Å². The van der Waals surface area contributed by atoms with E-state index in [0.717, 1.165) is 23.3 Å². The van der Waals surface area contributed by atoms with Crippen LogP contribution in [0, 0.1) is 0 Å². The van der Waals surface area contributed by atoms with E-state index < -0.39 is 0 Å². The quantitative estimate of drug-likeness (QED) is 0.460. The predicted octanol–water partition coefficient (Wildman–Crippen LogP) is 4.94. The molecule has 0 saturated heterocycles. The summed E-state index contributed by atoms with van der Waals surface area (Å²) in [7, 11) is 0. The summed E-state index contributed by atoms with van der Waals surface area (Å²) in [6.45, 7) is 0.815. The van der Waals surface area contributed by atoms with E-state index in [-0.39, 0.29) is 0 Å². The van der Waals surface area contributed by atoms with Crippen molar-refractivity contribution in [3.8, 4) is 16.8 Å². The lowest BCUT2D eigenvalue weighted by molar-refractivity contribution is 0.825. The van der Waals surface area contributed by atoms with Gasteiger partial charge in [-0.15, -0.1) is 0 Å². The fraction of sp³-hybridized carbons (Fsp3) is 0.0435. The summed E-state index contributed by atoms with van der Waals surface area (Å²) in [5.41, 5.74) is 6.96. The van der Waals surface area contributed by atoms with Crippen LogP contribution in [-0.4, -0.2) is 19.1 Å². The van der Waals surface area contributed by atoms with Gasteiger partial charge in [0.15, 0.2) is 0 Å². The Morgan fingerprint density at radius 2 is 1.67 bits per heavy atom. The largest absolute Gasteiger partial charge is 0.326 e. The third kappa shape index (κ3) is 3.02. The molecule has 4 nitrogen and oxygen atoms in total. The number of hydrogen-bond acceptors (Lipinski definition) is 2. The highest BCUT2D eigenvalue weighted by molar-refractivity contribution is 5.75. The first kappa shape index (κ1) is 15.6. The minimum atomic E-state index is 0.815. The van der Waals surface area contributed by atoms with Crippen molar-refractivity contribution < 1.29 is 0 Å². The Bertz CT molecular complexity index is 1180. The van der Waals surface area contributed by atoms with Crippen LogP contribution in [0.5, 0.6) is 0 Å². The maximum atomic E-state index is 4.47. The summed E-state index contributed by atoms with van der Waals surface area (Å²) in [4.78, 5) is 8.59. The second-order valence-corrected chi connectivity index (χ2v) is 6.58. The standard InChI is InChI=1S/C23H18N4/c1-2-7-23-22(6-1)25-17-27(23)15-18-8-10-19(11-9-18)20-4-3-5-21(14-20)26-13-12-24-16-26/h1-14,16-17H,15H2. The zero-order chi connectivity index (χ0) is 18.1. The van der Waals surface area contributed by atoms with E-state index >= 15 is 0 Å². The van der Waals surface area contributed by atoms with Gasteiger partial charge in [0, 0.05) is 24.6 Å². The van der Waals surface area contributed by atoms with E-state index in [1.165, 1.54) is 16.7 Å². The Morgan fingerprint density at radius 1 is 0.778 bits per heavy atom. The van der Waals surface area contributed by atoms with Crippen LogP contribution in [0.3, 0.4) is 0 Å². The Balaban J connectivity index is 1.41. The van der Waals surface area contributed by atoms with Crippen LogP contribution in [0.25, 0.3) is 27.8 Å². The monoisotopic (exact) mass is 350 g/mol. The van der Waals surface area contributed by atoms with Crippen molar-refractivity contribution >= 4 is 11.0 Å². The van der Waals surface area contributed by atoms with Crippen molar-refractivity contribution in [2.24, 2.45) is 0 Å². The molecule has 0 aliphatic heterocycles. The van der Waals surface area contributed by atoms with Crippen molar-refractivity contribution in [3.05, 3.63) is 103 Å². The third-order valence-corrected chi connectivity index (χ3v) is 4.82. The Kier molecular flexibility index (Phi) is 3.79. The summed E-state index contributed by atoms with van der Waals surface area (Å²) in [6, 6.07) is 25.5. The van der Waals surface area contributed by atoms with Crippen molar-refractivity contribution in [1.82, 2.24) is 19.1 Å². The highest BCUT2D eigenvalue weighted by Crippen LogP contribution is 2.23. The third-order valence-electron chi connectivity index (χ3n) is 4.82. The first-order chi connectivity index (χ1) is 13.4. The maximum absolute atomic E-state index is 4.47. The second kappa shape index (κ2) is 6.57. The molecule has 27 heavy (non-hydrogen) atoms. The van der Waals surface area contributed by atoms with Gasteiger partial charge in [-0.25, -0.2) is 9.97 Å². The molecule has 0 bridgehead atoms. The molecule has 3 aromatic carbocycles. The van der Waals surface area contributed by atoms with Crippen LogP contribution < -0.4 is 0 Å². The number of fused-ring (bicyclic) bond motifs is 1. The molecule has 4 heteroatoms. The lowest BCUT2D eigenvalue weighted by Gasteiger charge is -2.08. The first-order valence-electron chi connectivity index (χ1n) is 8.94. The fourth-order valence-corrected chi connectivity index (χ4v) is 3.39. The molecule has 0 saturated carbocycles. The molecule has 0 unspecified atom stereocenters. The van der Waals surface area contributed by atoms with Crippen molar-refractivity contribution in [2.75, 3.05) is 0 Å². The number of hydrogen-bond donors (Lipinski definition) is 0. The molecule has 0 aliphatic rings. The lowest BCUT2D eigenvalue weighted by Crippen LogP contribution is -1.97. The average molecular weight is 350 g/mol. The van der Waals surface area contributed by atoms with Crippen LogP contribution in [0.2, 0.25) is 0 Å². The van der Waals surface area contributed by atoms with E-state index in [0.29, 0.717) is 0 Å². The van der Waals surface area contributed by atoms with E-state index in [2.05, 4.69) is 75.2 Å². The normalized spacial score (nSPS) is 11.1. The molecule has 2 heterocycles. The number of rotatable bonds is 4. The topological polar surface area (TPSA) is 35.6 Å². The van der Waals surface area contributed by atoms with Gasteiger partial charge in [-0.3, -0.25) is 0 Å². The zero-order valence-corrected chi connectivity index (χ0v) is 14.7. The highest BCUT2D eigenvalue weighted by Gasteiger charge is 2.04. The number of benzene rings is 3. The molecule has 0 spiro atoms. The van der Waals surface area contributed by atoms with Crippen molar-refractivity contribution in [2.45, 2.75) is 6.54 Å². The second-order valence-electron chi connectivity index (χ2n) is 6.58. The fourth-order valence-electron chi connectivity index (χ4n) is 3.39. The van der Waals surface area contributed by atoms with Crippen molar-refractivity contribution in [1.29, 1.82) is 0 Å². The smallest absolute Gasteiger partial charge is 0.0991 e. The van der Waals surface area contributed by atoms with Gasteiger partial charge in [-0.2, -0.15) is 0 Å². The number of imidazole rings is 2.